The lowest BCUT2D eigenvalue weighted by molar-refractivity contribution is -0.0130. The van der Waals surface area contributed by atoms with Crippen LogP contribution in [0.25, 0.3) is 0 Å². The molecule has 1 unspecified atom stereocenters. The third-order valence-corrected chi connectivity index (χ3v) is 4.55. The smallest absolute Gasteiger partial charge is 0.115 e. The van der Waals surface area contributed by atoms with Crippen molar-refractivity contribution in [1.82, 2.24) is 9.97 Å². The molecule has 0 aliphatic heterocycles. The molecule has 0 aromatic carbocycles. The third-order valence-electron chi connectivity index (χ3n) is 4.55. The highest BCUT2D eigenvalue weighted by Crippen LogP contribution is 2.46. The maximum Gasteiger partial charge on any atom is 0.115 e. The number of aliphatic hydroxyl groups excluding tert-OH is 1. The maximum absolute atomic E-state index is 10.6. The second kappa shape index (κ2) is 5.76. The summed E-state index contributed by atoms with van der Waals surface area (Å²) < 4.78 is 0. The molecule has 0 radical (unpaired) electrons. The normalized spacial score (nSPS) is 30.1. The number of nitrogens with two attached hydrogens (primary N) is 1. The van der Waals surface area contributed by atoms with Gasteiger partial charge in [0.25, 0.3) is 0 Å². The van der Waals surface area contributed by atoms with E-state index >= 15 is 0 Å². The lowest BCUT2D eigenvalue weighted by Crippen LogP contribution is -2.40. The highest BCUT2D eigenvalue weighted by atomic mass is 16.3. The number of rotatable bonds is 4. The summed E-state index contributed by atoms with van der Waals surface area (Å²) >= 11 is 0. The molecule has 3 N–H and O–H groups in total. The zero-order chi connectivity index (χ0) is 13.0. The zero-order valence-electron chi connectivity index (χ0n) is 11.0. The van der Waals surface area contributed by atoms with Crippen LogP contribution in [0.2, 0.25) is 0 Å². The van der Waals surface area contributed by atoms with Crippen LogP contribution in [0.4, 0.5) is 0 Å². The van der Waals surface area contributed by atoms with Gasteiger partial charge in [-0.3, -0.25) is 0 Å². The molecule has 18 heavy (non-hydrogen) atoms. The zero-order valence-corrected chi connectivity index (χ0v) is 11.0. The van der Waals surface area contributed by atoms with Crippen molar-refractivity contribution in [2.75, 3.05) is 6.54 Å². The van der Waals surface area contributed by atoms with Gasteiger partial charge in [0.1, 0.15) is 12.4 Å². The van der Waals surface area contributed by atoms with Crippen LogP contribution in [0.3, 0.4) is 0 Å². The second-order valence-corrected chi connectivity index (χ2v) is 5.45. The molecule has 0 bridgehead atoms. The monoisotopic (exact) mass is 249 g/mol. The molecule has 1 aliphatic rings. The summed E-state index contributed by atoms with van der Waals surface area (Å²) in [6.07, 6.45) is 8.13. The minimum absolute atomic E-state index is 0.194. The van der Waals surface area contributed by atoms with E-state index in [1.54, 1.807) is 12.3 Å². The molecule has 0 saturated heterocycles. The molecule has 4 nitrogen and oxygen atoms in total. The Labute approximate surface area is 109 Å². The molecular weight excluding hydrogens is 226 g/mol. The van der Waals surface area contributed by atoms with E-state index in [0.29, 0.717) is 12.2 Å². The Morgan fingerprint density at radius 2 is 2.22 bits per heavy atom. The van der Waals surface area contributed by atoms with E-state index in [2.05, 4.69) is 16.9 Å². The van der Waals surface area contributed by atoms with Gasteiger partial charge in [-0.1, -0.05) is 13.3 Å². The number of aliphatic hydroxyl groups is 1. The molecular formula is C14H23N3O. The fourth-order valence-electron chi connectivity index (χ4n) is 3.03. The Bertz CT molecular complexity index is 361. The lowest BCUT2D eigenvalue weighted by atomic mass is 9.66. The Hall–Kier alpha value is -1.00. The van der Waals surface area contributed by atoms with E-state index in [-0.39, 0.29) is 5.41 Å². The maximum atomic E-state index is 10.6. The van der Waals surface area contributed by atoms with E-state index < -0.39 is 6.10 Å². The molecule has 1 aromatic rings. The van der Waals surface area contributed by atoms with Gasteiger partial charge in [-0.15, -0.1) is 0 Å². The van der Waals surface area contributed by atoms with Crippen molar-refractivity contribution in [3.8, 4) is 0 Å². The predicted octanol–water partition coefficient (Wildman–Crippen LogP) is 2.06. The van der Waals surface area contributed by atoms with Crippen LogP contribution in [-0.2, 0) is 0 Å². The summed E-state index contributed by atoms with van der Waals surface area (Å²) in [5, 5.41) is 10.6. The third kappa shape index (κ3) is 2.54. The Balaban J connectivity index is 2.13. The van der Waals surface area contributed by atoms with Crippen molar-refractivity contribution in [1.29, 1.82) is 0 Å². The van der Waals surface area contributed by atoms with Gasteiger partial charge in [0.2, 0.25) is 0 Å². The van der Waals surface area contributed by atoms with E-state index in [1.807, 2.05) is 0 Å². The Morgan fingerprint density at radius 3 is 2.72 bits per heavy atom. The number of hydrogen-bond donors (Lipinski definition) is 2. The van der Waals surface area contributed by atoms with Gasteiger partial charge < -0.3 is 10.8 Å². The van der Waals surface area contributed by atoms with Gasteiger partial charge in [0, 0.05) is 18.2 Å². The number of nitrogens with zero attached hydrogens (tertiary/aromatic N) is 2. The molecule has 100 valence electrons. The van der Waals surface area contributed by atoms with Crippen molar-refractivity contribution in [3.05, 3.63) is 24.3 Å². The first-order chi connectivity index (χ1) is 8.72. The van der Waals surface area contributed by atoms with Crippen LogP contribution in [0, 0.1) is 11.3 Å². The molecule has 4 heteroatoms. The second-order valence-electron chi connectivity index (χ2n) is 5.45. The summed E-state index contributed by atoms with van der Waals surface area (Å²) in [5.41, 5.74) is 6.47. The first-order valence-electron chi connectivity index (χ1n) is 6.86. The van der Waals surface area contributed by atoms with Crippen molar-refractivity contribution in [2.45, 2.75) is 45.1 Å². The standard InChI is InChI=1S/C14H23N3O/c1-2-11-3-6-14(9-15,7-4-11)13(18)12-5-8-16-10-17-12/h5,8,10-11,13,18H,2-4,6-7,9,15H2,1H3. The average molecular weight is 249 g/mol. The molecule has 1 saturated carbocycles. The molecule has 1 aliphatic carbocycles. The topological polar surface area (TPSA) is 72.0 Å². The molecule has 1 fully saturated rings. The van der Waals surface area contributed by atoms with Crippen molar-refractivity contribution >= 4 is 0 Å². The first kappa shape index (κ1) is 13.4. The van der Waals surface area contributed by atoms with Crippen LogP contribution >= 0.6 is 0 Å². The largest absolute Gasteiger partial charge is 0.386 e. The molecule has 1 aromatic heterocycles. The Morgan fingerprint density at radius 1 is 1.50 bits per heavy atom. The van der Waals surface area contributed by atoms with Gasteiger partial charge in [-0.05, 0) is 37.7 Å². The van der Waals surface area contributed by atoms with Crippen LogP contribution in [0.5, 0.6) is 0 Å². The van der Waals surface area contributed by atoms with Crippen molar-refractivity contribution < 1.29 is 5.11 Å². The highest BCUT2D eigenvalue weighted by molar-refractivity contribution is 5.08. The van der Waals surface area contributed by atoms with E-state index in [9.17, 15) is 5.11 Å². The minimum Gasteiger partial charge on any atom is -0.386 e. The Kier molecular flexibility index (Phi) is 4.30. The fraction of sp³-hybridized carbons (Fsp3) is 0.714. The summed E-state index contributed by atoms with van der Waals surface area (Å²) in [5.74, 6) is 0.794. The number of hydrogen-bond acceptors (Lipinski definition) is 4. The predicted molar refractivity (Wildman–Crippen MR) is 70.7 cm³/mol. The van der Waals surface area contributed by atoms with Gasteiger partial charge in [0.15, 0.2) is 0 Å². The van der Waals surface area contributed by atoms with Crippen LogP contribution in [0.1, 0.15) is 50.8 Å². The number of aromatic nitrogens is 2. The summed E-state index contributed by atoms with van der Waals surface area (Å²) in [4.78, 5) is 8.06. The van der Waals surface area contributed by atoms with Gasteiger partial charge in [-0.25, -0.2) is 9.97 Å². The summed E-state index contributed by atoms with van der Waals surface area (Å²) in [6, 6.07) is 1.79. The van der Waals surface area contributed by atoms with E-state index in [1.165, 1.54) is 12.7 Å². The highest BCUT2D eigenvalue weighted by Gasteiger charge is 2.41. The molecule has 2 rings (SSSR count). The van der Waals surface area contributed by atoms with E-state index in [0.717, 1.165) is 31.6 Å². The van der Waals surface area contributed by atoms with Gasteiger partial charge >= 0.3 is 0 Å². The van der Waals surface area contributed by atoms with Crippen LogP contribution in [0.15, 0.2) is 18.6 Å². The average Bonchev–Trinajstić information content (AvgIpc) is 2.47. The van der Waals surface area contributed by atoms with Crippen molar-refractivity contribution in [2.24, 2.45) is 17.1 Å². The van der Waals surface area contributed by atoms with Crippen LogP contribution in [-0.4, -0.2) is 21.6 Å². The van der Waals surface area contributed by atoms with Crippen molar-refractivity contribution in [3.63, 3.8) is 0 Å². The summed E-state index contributed by atoms with van der Waals surface area (Å²) in [6.45, 7) is 2.76. The molecule has 1 atom stereocenters. The van der Waals surface area contributed by atoms with Gasteiger partial charge in [-0.2, -0.15) is 0 Å². The van der Waals surface area contributed by atoms with E-state index in [4.69, 9.17) is 5.73 Å². The van der Waals surface area contributed by atoms with Crippen LogP contribution < -0.4 is 5.73 Å². The van der Waals surface area contributed by atoms with Gasteiger partial charge in [0.05, 0.1) is 5.69 Å². The summed E-state index contributed by atoms with van der Waals surface area (Å²) in [7, 11) is 0. The molecule has 1 heterocycles. The molecule has 0 spiro atoms. The SMILES string of the molecule is CCC1CCC(CN)(C(O)c2ccncn2)CC1. The molecule has 0 amide bonds. The quantitative estimate of drug-likeness (QED) is 0.856. The minimum atomic E-state index is -0.566. The first-order valence-corrected chi connectivity index (χ1v) is 6.86. The fourth-order valence-corrected chi connectivity index (χ4v) is 3.03. The lowest BCUT2D eigenvalue weighted by Gasteiger charge is -2.42.